The first-order valence-electron chi connectivity index (χ1n) is 4.42. The second-order valence-corrected chi connectivity index (χ2v) is 2.90. The summed E-state index contributed by atoms with van der Waals surface area (Å²) in [5.41, 5.74) is 2.44. The van der Waals surface area contributed by atoms with Gasteiger partial charge in [-0.05, 0) is 13.0 Å². The van der Waals surface area contributed by atoms with Gasteiger partial charge in [0.2, 0.25) is 0 Å². The number of nitrogens with zero attached hydrogens (tertiary/aromatic N) is 1. The topological polar surface area (TPSA) is 44.6 Å². The van der Waals surface area contributed by atoms with Crippen LogP contribution in [0.2, 0.25) is 0 Å². The van der Waals surface area contributed by atoms with E-state index in [4.69, 9.17) is 5.21 Å². The van der Waals surface area contributed by atoms with Crippen molar-refractivity contribution in [2.45, 2.75) is 6.92 Å². The average Bonchev–Trinajstić information content (AvgIpc) is 2.25. The minimum atomic E-state index is 0.595. The predicted molar refractivity (Wildman–Crippen MR) is 59.1 cm³/mol. The van der Waals surface area contributed by atoms with Crippen molar-refractivity contribution in [2.24, 2.45) is 5.16 Å². The van der Waals surface area contributed by atoms with Gasteiger partial charge in [-0.1, -0.05) is 29.4 Å². The molecule has 1 aromatic carbocycles. The molecule has 1 rings (SSSR count). The van der Waals surface area contributed by atoms with Crippen LogP contribution in [0.15, 0.2) is 42.1 Å². The van der Waals surface area contributed by atoms with Crippen molar-refractivity contribution >= 4 is 11.4 Å². The van der Waals surface area contributed by atoms with Crippen LogP contribution in [0.4, 0.5) is 5.69 Å². The van der Waals surface area contributed by atoms with E-state index in [9.17, 15) is 0 Å². The molecular weight excluding hydrogens is 176 g/mol. The summed E-state index contributed by atoms with van der Waals surface area (Å²) in [6.07, 6.45) is 1.78. The lowest BCUT2D eigenvalue weighted by Gasteiger charge is -2.08. The van der Waals surface area contributed by atoms with E-state index in [0.717, 1.165) is 11.3 Å². The fraction of sp³-hybridized carbons (Fsp3) is 0.182. The number of oxime groups is 1. The summed E-state index contributed by atoms with van der Waals surface area (Å²) in [5.74, 6) is 0. The van der Waals surface area contributed by atoms with Crippen LogP contribution in [0.5, 0.6) is 0 Å². The number of anilines is 1. The van der Waals surface area contributed by atoms with Gasteiger partial charge >= 0.3 is 0 Å². The number of hydrogen-bond donors (Lipinski definition) is 2. The zero-order valence-electron chi connectivity index (χ0n) is 8.20. The summed E-state index contributed by atoms with van der Waals surface area (Å²) >= 11 is 0. The van der Waals surface area contributed by atoms with Gasteiger partial charge in [-0.15, -0.1) is 6.58 Å². The Bertz CT molecular complexity index is 345. The second kappa shape index (κ2) is 5.07. The zero-order valence-corrected chi connectivity index (χ0v) is 8.20. The van der Waals surface area contributed by atoms with Crippen LogP contribution < -0.4 is 5.32 Å². The Morgan fingerprint density at radius 1 is 1.57 bits per heavy atom. The molecule has 0 bridgehead atoms. The molecule has 0 spiro atoms. The third-order valence-corrected chi connectivity index (χ3v) is 1.90. The highest BCUT2D eigenvalue weighted by Gasteiger charge is 2.03. The Morgan fingerprint density at radius 3 is 2.93 bits per heavy atom. The van der Waals surface area contributed by atoms with Crippen LogP contribution in [0.1, 0.15) is 12.5 Å². The lowest BCUT2D eigenvalue weighted by Crippen LogP contribution is -2.04. The first-order chi connectivity index (χ1) is 6.79. The standard InChI is InChI=1S/C11H14N2O/c1-3-8-12-11-7-5-4-6-10(11)9(2)13-14/h3-7,12,14H,1,8H2,2H3/b13-9+. The molecule has 1 aromatic rings. The van der Waals surface area contributed by atoms with Crippen molar-refractivity contribution in [3.8, 4) is 0 Å². The molecule has 0 unspecified atom stereocenters. The van der Waals surface area contributed by atoms with E-state index in [-0.39, 0.29) is 0 Å². The highest BCUT2D eigenvalue weighted by molar-refractivity contribution is 6.03. The molecule has 0 aliphatic rings. The van der Waals surface area contributed by atoms with Crippen molar-refractivity contribution in [1.82, 2.24) is 0 Å². The van der Waals surface area contributed by atoms with Crippen molar-refractivity contribution in [3.63, 3.8) is 0 Å². The van der Waals surface area contributed by atoms with Crippen molar-refractivity contribution in [2.75, 3.05) is 11.9 Å². The van der Waals surface area contributed by atoms with E-state index in [1.807, 2.05) is 24.3 Å². The molecule has 0 aliphatic heterocycles. The fourth-order valence-electron chi connectivity index (χ4n) is 1.19. The molecule has 0 atom stereocenters. The lowest BCUT2D eigenvalue weighted by molar-refractivity contribution is 0.319. The Labute approximate surface area is 83.8 Å². The third-order valence-electron chi connectivity index (χ3n) is 1.90. The highest BCUT2D eigenvalue weighted by Crippen LogP contribution is 2.15. The van der Waals surface area contributed by atoms with Crippen LogP contribution in [0.25, 0.3) is 0 Å². The Hall–Kier alpha value is -1.77. The number of para-hydroxylation sites is 1. The van der Waals surface area contributed by atoms with Crippen molar-refractivity contribution in [3.05, 3.63) is 42.5 Å². The number of hydrogen-bond acceptors (Lipinski definition) is 3. The first-order valence-corrected chi connectivity index (χ1v) is 4.42. The molecule has 0 amide bonds. The third kappa shape index (κ3) is 2.36. The summed E-state index contributed by atoms with van der Waals surface area (Å²) in [7, 11) is 0. The Morgan fingerprint density at radius 2 is 2.29 bits per heavy atom. The van der Waals surface area contributed by atoms with Gasteiger partial charge in [-0.3, -0.25) is 0 Å². The van der Waals surface area contributed by atoms with Crippen LogP contribution in [-0.2, 0) is 0 Å². The van der Waals surface area contributed by atoms with E-state index in [1.54, 1.807) is 13.0 Å². The molecular formula is C11H14N2O. The zero-order chi connectivity index (χ0) is 10.4. The van der Waals surface area contributed by atoms with E-state index in [0.29, 0.717) is 12.3 Å². The molecule has 74 valence electrons. The Balaban J connectivity index is 2.96. The molecule has 3 nitrogen and oxygen atoms in total. The molecule has 2 N–H and O–H groups in total. The molecule has 0 radical (unpaired) electrons. The number of rotatable bonds is 4. The van der Waals surface area contributed by atoms with Gasteiger partial charge in [0.25, 0.3) is 0 Å². The fourth-order valence-corrected chi connectivity index (χ4v) is 1.19. The maximum atomic E-state index is 8.68. The van der Waals surface area contributed by atoms with Crippen molar-refractivity contribution < 1.29 is 5.21 Å². The maximum Gasteiger partial charge on any atom is 0.0857 e. The molecule has 0 fully saturated rings. The summed E-state index contributed by atoms with van der Waals surface area (Å²) in [4.78, 5) is 0. The number of benzene rings is 1. The summed E-state index contributed by atoms with van der Waals surface area (Å²) < 4.78 is 0. The maximum absolute atomic E-state index is 8.68. The lowest BCUT2D eigenvalue weighted by atomic mass is 10.1. The molecule has 0 aliphatic carbocycles. The largest absolute Gasteiger partial charge is 0.411 e. The number of nitrogens with one attached hydrogen (secondary N) is 1. The predicted octanol–water partition coefficient (Wildman–Crippen LogP) is 2.48. The quantitative estimate of drug-likeness (QED) is 0.331. The SMILES string of the molecule is C=CCNc1ccccc1/C(C)=N/O. The van der Waals surface area contributed by atoms with Gasteiger partial charge in [0.05, 0.1) is 5.71 Å². The van der Waals surface area contributed by atoms with Crippen LogP contribution in [-0.4, -0.2) is 17.5 Å². The molecule has 14 heavy (non-hydrogen) atoms. The molecule has 0 saturated carbocycles. The van der Waals surface area contributed by atoms with Crippen LogP contribution in [0.3, 0.4) is 0 Å². The smallest absolute Gasteiger partial charge is 0.0857 e. The van der Waals surface area contributed by atoms with Gasteiger partial charge in [0.1, 0.15) is 0 Å². The van der Waals surface area contributed by atoms with E-state index in [2.05, 4.69) is 17.1 Å². The summed E-state index contributed by atoms with van der Waals surface area (Å²) in [6, 6.07) is 7.68. The minimum absolute atomic E-state index is 0.595. The van der Waals surface area contributed by atoms with Crippen LogP contribution >= 0.6 is 0 Å². The first kappa shape index (κ1) is 10.3. The van der Waals surface area contributed by atoms with E-state index >= 15 is 0 Å². The second-order valence-electron chi connectivity index (χ2n) is 2.90. The van der Waals surface area contributed by atoms with E-state index in [1.165, 1.54) is 0 Å². The van der Waals surface area contributed by atoms with Gasteiger partial charge in [0.15, 0.2) is 0 Å². The highest BCUT2D eigenvalue weighted by atomic mass is 16.4. The minimum Gasteiger partial charge on any atom is -0.411 e. The molecule has 0 aromatic heterocycles. The monoisotopic (exact) mass is 190 g/mol. The Kier molecular flexibility index (Phi) is 3.73. The summed E-state index contributed by atoms with van der Waals surface area (Å²) in [6.45, 7) is 6.08. The molecule has 0 saturated heterocycles. The molecule has 3 heteroatoms. The van der Waals surface area contributed by atoms with Crippen LogP contribution in [0, 0.1) is 0 Å². The van der Waals surface area contributed by atoms with E-state index < -0.39 is 0 Å². The van der Waals surface area contributed by atoms with Crippen molar-refractivity contribution in [1.29, 1.82) is 0 Å². The van der Waals surface area contributed by atoms with Gasteiger partial charge in [-0.2, -0.15) is 0 Å². The van der Waals surface area contributed by atoms with Gasteiger partial charge in [0, 0.05) is 17.8 Å². The molecule has 0 heterocycles. The summed E-state index contributed by atoms with van der Waals surface area (Å²) in [5, 5.41) is 15.0. The van der Waals surface area contributed by atoms with Gasteiger partial charge in [-0.25, -0.2) is 0 Å². The normalized spacial score (nSPS) is 11.1. The average molecular weight is 190 g/mol. The van der Waals surface area contributed by atoms with Gasteiger partial charge < -0.3 is 10.5 Å².